The van der Waals surface area contributed by atoms with Gasteiger partial charge in [-0.15, -0.1) is 0 Å². The first-order chi connectivity index (χ1) is 15.8. The summed E-state index contributed by atoms with van der Waals surface area (Å²) in [6.45, 7) is 13.0. The number of nitrogens with zero attached hydrogens (tertiary/aromatic N) is 2. The lowest BCUT2D eigenvalue weighted by Gasteiger charge is -2.36. The molecule has 0 atom stereocenters. The predicted octanol–water partition coefficient (Wildman–Crippen LogP) is 5.41. The highest BCUT2D eigenvalue weighted by Crippen LogP contribution is 2.39. The van der Waals surface area contributed by atoms with Crippen LogP contribution in [0.15, 0.2) is 12.1 Å². The molecule has 0 saturated heterocycles. The van der Waals surface area contributed by atoms with Gasteiger partial charge in [0.1, 0.15) is 11.5 Å². The Morgan fingerprint density at radius 3 is 2.50 bits per heavy atom. The Bertz CT molecular complexity index is 1210. The summed E-state index contributed by atoms with van der Waals surface area (Å²) in [5, 5.41) is 24.9. The molecular formula is C25H36FN3O4Si. The van der Waals surface area contributed by atoms with Gasteiger partial charge < -0.3 is 19.6 Å². The second-order valence-corrected chi connectivity index (χ2v) is 15.1. The number of carbonyl (C=O) groups is 1. The van der Waals surface area contributed by atoms with Gasteiger partial charge in [-0.25, -0.2) is 9.18 Å². The molecule has 3 N–H and O–H groups in total. The normalized spacial score (nSPS) is 12.6. The van der Waals surface area contributed by atoms with Crippen LogP contribution in [-0.2, 0) is 30.9 Å². The third kappa shape index (κ3) is 4.69. The van der Waals surface area contributed by atoms with E-state index in [2.05, 4.69) is 43.9 Å². The van der Waals surface area contributed by atoms with Crippen LogP contribution in [0.1, 0.15) is 61.6 Å². The van der Waals surface area contributed by atoms with E-state index >= 15 is 4.39 Å². The first-order valence-electron chi connectivity index (χ1n) is 11.7. The number of hydrogen-bond acceptors (Lipinski definition) is 4. The summed E-state index contributed by atoms with van der Waals surface area (Å²) in [6, 6.07) is 2.99. The summed E-state index contributed by atoms with van der Waals surface area (Å²) in [5.41, 5.74) is 3.00. The van der Waals surface area contributed by atoms with Crippen LogP contribution in [0.2, 0.25) is 18.1 Å². The molecule has 186 valence electrons. The number of fused-ring (bicyclic) bond motifs is 1. The Labute approximate surface area is 201 Å². The van der Waals surface area contributed by atoms with Crippen LogP contribution in [0, 0.1) is 5.82 Å². The smallest absolute Gasteiger partial charge is 0.352 e. The second kappa shape index (κ2) is 9.63. The molecular weight excluding hydrogens is 453 g/mol. The van der Waals surface area contributed by atoms with Crippen LogP contribution in [0.4, 0.5) is 4.39 Å². The van der Waals surface area contributed by atoms with Crippen molar-refractivity contribution >= 4 is 25.2 Å². The quantitative estimate of drug-likeness (QED) is 0.275. The number of H-pyrrole nitrogens is 1. The number of aryl methyl sites for hydroxylation is 2. The van der Waals surface area contributed by atoms with Gasteiger partial charge in [-0.05, 0) is 55.1 Å². The molecule has 1 aromatic carbocycles. The number of nitrogens with one attached hydrogen (secondary N) is 1. The third-order valence-electron chi connectivity index (χ3n) is 7.06. The molecule has 7 nitrogen and oxygen atoms in total. The standard InChI is InChI=1S/C25H36FN3O4Si/c1-8-19-21(18(14-30)28-29(19)5)20-17(26)12-11-16-15(23(24(31)32)27-22(16)20)10-9-13-33-34(6,7)25(2,3)4/h11-12,27,30H,8-10,13-14H2,1-7H3,(H,31,32). The minimum atomic E-state index is -1.90. The molecule has 2 heterocycles. The maximum Gasteiger partial charge on any atom is 0.352 e. The maximum atomic E-state index is 15.2. The zero-order valence-corrected chi connectivity index (χ0v) is 22.2. The second-order valence-electron chi connectivity index (χ2n) is 10.2. The van der Waals surface area contributed by atoms with Gasteiger partial charge in [0.2, 0.25) is 0 Å². The monoisotopic (exact) mass is 489 g/mol. The zero-order valence-electron chi connectivity index (χ0n) is 21.2. The lowest BCUT2D eigenvalue weighted by Crippen LogP contribution is -2.41. The molecule has 3 aromatic rings. The summed E-state index contributed by atoms with van der Waals surface area (Å²) < 4.78 is 23.1. The molecule has 0 aliphatic rings. The van der Waals surface area contributed by atoms with E-state index in [-0.39, 0.29) is 22.9 Å². The average Bonchev–Trinajstić information content (AvgIpc) is 3.27. The molecule has 34 heavy (non-hydrogen) atoms. The number of aliphatic hydroxyl groups excluding tert-OH is 1. The number of aliphatic hydroxyl groups is 1. The molecule has 0 saturated carbocycles. The Hall–Kier alpha value is -2.49. The fourth-order valence-corrected chi connectivity index (χ4v) is 5.29. The molecule has 0 bridgehead atoms. The van der Waals surface area contributed by atoms with Crippen molar-refractivity contribution in [3.63, 3.8) is 0 Å². The molecule has 0 spiro atoms. The van der Waals surface area contributed by atoms with Crippen LogP contribution in [0.3, 0.4) is 0 Å². The Morgan fingerprint density at radius 2 is 1.94 bits per heavy atom. The molecule has 0 fully saturated rings. The number of carboxylic acids is 1. The number of carboxylic acid groups (broad SMARTS) is 1. The van der Waals surface area contributed by atoms with Crippen molar-refractivity contribution in [2.45, 2.75) is 71.7 Å². The summed E-state index contributed by atoms with van der Waals surface area (Å²) in [5.74, 6) is -1.58. The largest absolute Gasteiger partial charge is 0.477 e. The van der Waals surface area contributed by atoms with Gasteiger partial charge in [0, 0.05) is 35.9 Å². The first kappa shape index (κ1) is 26.1. The average molecular weight is 490 g/mol. The number of hydrogen-bond donors (Lipinski definition) is 3. The molecule has 9 heteroatoms. The van der Waals surface area contributed by atoms with Gasteiger partial charge in [0.25, 0.3) is 0 Å². The lowest BCUT2D eigenvalue weighted by atomic mass is 9.97. The van der Waals surface area contributed by atoms with Crippen molar-refractivity contribution in [3.05, 3.63) is 40.6 Å². The summed E-state index contributed by atoms with van der Waals surface area (Å²) in [4.78, 5) is 15.1. The fraction of sp³-hybridized carbons (Fsp3) is 0.520. The summed E-state index contributed by atoms with van der Waals surface area (Å²) in [6.07, 6.45) is 1.72. The fourth-order valence-electron chi connectivity index (χ4n) is 4.20. The van der Waals surface area contributed by atoms with Gasteiger partial charge in [0.15, 0.2) is 8.32 Å². The molecule has 0 aliphatic heterocycles. The number of halogens is 1. The van der Waals surface area contributed by atoms with Gasteiger partial charge in [0.05, 0.1) is 17.8 Å². The molecule has 0 aliphatic carbocycles. The number of aromatic nitrogens is 3. The summed E-state index contributed by atoms with van der Waals surface area (Å²) >= 11 is 0. The number of rotatable bonds is 9. The SMILES string of the molecule is CCc1c(-c2c(F)ccc3c(CCCO[Si](C)(C)C(C)(C)C)c(C(=O)O)[nH]c23)c(CO)nn1C. The topological polar surface area (TPSA) is 100 Å². The van der Waals surface area contributed by atoms with Crippen molar-refractivity contribution in [1.29, 1.82) is 0 Å². The van der Waals surface area contributed by atoms with Crippen molar-refractivity contribution in [2.75, 3.05) is 6.61 Å². The lowest BCUT2D eigenvalue weighted by molar-refractivity contribution is 0.0690. The highest BCUT2D eigenvalue weighted by molar-refractivity contribution is 6.74. The maximum absolute atomic E-state index is 15.2. The molecule has 0 amide bonds. The Morgan fingerprint density at radius 1 is 1.26 bits per heavy atom. The predicted molar refractivity (Wildman–Crippen MR) is 134 cm³/mol. The number of aromatic amines is 1. The van der Waals surface area contributed by atoms with Gasteiger partial charge in [-0.3, -0.25) is 4.68 Å². The van der Waals surface area contributed by atoms with E-state index in [0.717, 1.165) is 5.69 Å². The Balaban J connectivity index is 2.06. The third-order valence-corrected chi connectivity index (χ3v) is 11.6. The van der Waals surface area contributed by atoms with Gasteiger partial charge in [-0.1, -0.05) is 27.7 Å². The van der Waals surface area contributed by atoms with E-state index in [0.29, 0.717) is 53.6 Å². The van der Waals surface area contributed by atoms with Crippen LogP contribution in [-0.4, -0.2) is 45.9 Å². The molecule has 2 aromatic heterocycles. The van der Waals surface area contributed by atoms with E-state index in [1.807, 2.05) is 6.92 Å². The van der Waals surface area contributed by atoms with E-state index in [1.54, 1.807) is 17.8 Å². The Kier molecular flexibility index (Phi) is 7.40. The zero-order chi connectivity index (χ0) is 25.4. The van der Waals surface area contributed by atoms with Crippen LogP contribution in [0.25, 0.3) is 22.0 Å². The first-order valence-corrected chi connectivity index (χ1v) is 14.6. The van der Waals surface area contributed by atoms with Crippen molar-refractivity contribution in [3.8, 4) is 11.1 Å². The van der Waals surface area contributed by atoms with Crippen molar-refractivity contribution < 1.29 is 23.8 Å². The van der Waals surface area contributed by atoms with E-state index in [4.69, 9.17) is 4.43 Å². The van der Waals surface area contributed by atoms with Crippen LogP contribution in [0.5, 0.6) is 0 Å². The van der Waals surface area contributed by atoms with Gasteiger partial charge in [-0.2, -0.15) is 5.10 Å². The van der Waals surface area contributed by atoms with Gasteiger partial charge >= 0.3 is 5.97 Å². The minimum Gasteiger partial charge on any atom is -0.477 e. The number of aromatic carboxylic acids is 1. The molecule has 3 rings (SSSR count). The number of benzene rings is 1. The van der Waals surface area contributed by atoms with Crippen LogP contribution >= 0.6 is 0 Å². The highest BCUT2D eigenvalue weighted by atomic mass is 28.4. The van der Waals surface area contributed by atoms with E-state index < -0.39 is 20.1 Å². The van der Waals surface area contributed by atoms with Crippen molar-refractivity contribution in [2.24, 2.45) is 7.05 Å². The minimum absolute atomic E-state index is 0.0571. The van der Waals surface area contributed by atoms with E-state index in [1.165, 1.54) is 6.07 Å². The van der Waals surface area contributed by atoms with Crippen LogP contribution < -0.4 is 0 Å². The summed E-state index contributed by atoms with van der Waals surface area (Å²) in [7, 11) is -0.147. The molecule has 0 radical (unpaired) electrons. The van der Waals surface area contributed by atoms with Crippen molar-refractivity contribution in [1.82, 2.24) is 14.8 Å². The molecule has 0 unspecified atom stereocenters. The van der Waals surface area contributed by atoms with E-state index in [9.17, 15) is 15.0 Å². The highest BCUT2D eigenvalue weighted by Gasteiger charge is 2.37.